The van der Waals surface area contributed by atoms with Crippen LogP contribution >= 0.6 is 11.6 Å². The highest BCUT2D eigenvalue weighted by Gasteiger charge is 2.08. The third kappa shape index (κ3) is 2.59. The van der Waals surface area contributed by atoms with Gasteiger partial charge in [0.1, 0.15) is 0 Å². The second-order valence-electron chi connectivity index (χ2n) is 4.03. The lowest BCUT2D eigenvalue weighted by Gasteiger charge is -2.21. The summed E-state index contributed by atoms with van der Waals surface area (Å²) in [7, 11) is 2.04. The van der Waals surface area contributed by atoms with Crippen molar-refractivity contribution in [3.63, 3.8) is 0 Å². The van der Waals surface area contributed by atoms with Crippen LogP contribution in [0, 0.1) is 6.92 Å². The molecular formula is C14H15ClN2. The molecule has 0 saturated carbocycles. The Kier molecular flexibility index (Phi) is 3.64. The van der Waals surface area contributed by atoms with Crippen LogP contribution in [0.3, 0.4) is 0 Å². The molecule has 0 aliphatic rings. The fourth-order valence-corrected chi connectivity index (χ4v) is 1.96. The fraction of sp³-hybridized carbons (Fsp3) is 0.214. The van der Waals surface area contributed by atoms with Crippen molar-refractivity contribution in [3.8, 4) is 0 Å². The molecule has 2 nitrogen and oxygen atoms in total. The van der Waals surface area contributed by atoms with Crippen LogP contribution in [-0.2, 0) is 5.88 Å². The van der Waals surface area contributed by atoms with Gasteiger partial charge in [0.05, 0.1) is 5.88 Å². The standard InChI is InChI=1S/C14H15ClN2/c1-11-3-5-13(6-4-11)17(2)14-7-8-16-10-12(14)9-15/h3-8,10H,9H2,1-2H3. The first kappa shape index (κ1) is 11.9. The van der Waals surface area contributed by atoms with E-state index in [1.165, 1.54) is 5.56 Å². The van der Waals surface area contributed by atoms with Gasteiger partial charge in [-0.05, 0) is 25.1 Å². The summed E-state index contributed by atoms with van der Waals surface area (Å²) in [5.41, 5.74) is 4.54. The number of pyridine rings is 1. The predicted octanol–water partition coefficient (Wildman–Crippen LogP) is 3.90. The normalized spacial score (nSPS) is 10.3. The largest absolute Gasteiger partial charge is 0.344 e. The molecule has 1 heterocycles. The molecule has 1 aromatic carbocycles. The van der Waals surface area contributed by atoms with Gasteiger partial charge in [0, 0.05) is 36.4 Å². The van der Waals surface area contributed by atoms with Gasteiger partial charge in [-0.15, -0.1) is 11.6 Å². The molecule has 17 heavy (non-hydrogen) atoms. The number of hydrogen-bond acceptors (Lipinski definition) is 2. The maximum absolute atomic E-state index is 5.92. The highest BCUT2D eigenvalue weighted by atomic mass is 35.5. The molecule has 88 valence electrons. The Morgan fingerprint density at radius 1 is 1.18 bits per heavy atom. The summed E-state index contributed by atoms with van der Waals surface area (Å²) in [5.74, 6) is 0.472. The van der Waals surface area contributed by atoms with E-state index in [1.54, 1.807) is 6.20 Å². The summed E-state index contributed by atoms with van der Waals surface area (Å²) in [5, 5.41) is 0. The van der Waals surface area contributed by atoms with Crippen LogP contribution in [0.4, 0.5) is 11.4 Å². The van der Waals surface area contributed by atoms with Crippen molar-refractivity contribution in [1.82, 2.24) is 4.98 Å². The molecule has 0 radical (unpaired) electrons. The molecule has 0 spiro atoms. The van der Waals surface area contributed by atoms with Gasteiger partial charge in [0.2, 0.25) is 0 Å². The van der Waals surface area contributed by atoms with Crippen molar-refractivity contribution in [2.24, 2.45) is 0 Å². The maximum atomic E-state index is 5.92. The second-order valence-corrected chi connectivity index (χ2v) is 4.30. The number of halogens is 1. The van der Waals surface area contributed by atoms with E-state index in [1.807, 2.05) is 19.3 Å². The second kappa shape index (κ2) is 5.19. The van der Waals surface area contributed by atoms with Crippen molar-refractivity contribution >= 4 is 23.0 Å². The van der Waals surface area contributed by atoms with Gasteiger partial charge in [-0.1, -0.05) is 17.7 Å². The van der Waals surface area contributed by atoms with E-state index in [0.717, 1.165) is 16.9 Å². The highest BCUT2D eigenvalue weighted by Crippen LogP contribution is 2.27. The molecule has 3 heteroatoms. The van der Waals surface area contributed by atoms with Crippen LogP contribution in [0.1, 0.15) is 11.1 Å². The number of hydrogen-bond donors (Lipinski definition) is 0. The van der Waals surface area contributed by atoms with Gasteiger partial charge < -0.3 is 4.90 Å². The number of aromatic nitrogens is 1. The average molecular weight is 247 g/mol. The summed E-state index contributed by atoms with van der Waals surface area (Å²) in [4.78, 5) is 6.22. The SMILES string of the molecule is Cc1ccc(N(C)c2ccncc2CCl)cc1. The van der Waals surface area contributed by atoms with Crippen molar-refractivity contribution in [1.29, 1.82) is 0 Å². The van der Waals surface area contributed by atoms with E-state index in [-0.39, 0.29) is 0 Å². The van der Waals surface area contributed by atoms with Gasteiger partial charge in [0.25, 0.3) is 0 Å². The molecule has 0 unspecified atom stereocenters. The molecule has 2 rings (SSSR count). The lowest BCUT2D eigenvalue weighted by molar-refractivity contribution is 1.14. The van der Waals surface area contributed by atoms with Crippen LogP contribution in [0.5, 0.6) is 0 Å². The first-order valence-electron chi connectivity index (χ1n) is 5.51. The summed E-state index contributed by atoms with van der Waals surface area (Å²) in [6.45, 7) is 2.08. The third-order valence-corrected chi connectivity index (χ3v) is 3.09. The number of nitrogens with zero attached hydrogens (tertiary/aromatic N) is 2. The van der Waals surface area contributed by atoms with E-state index in [2.05, 4.69) is 41.1 Å². The fourth-order valence-electron chi connectivity index (χ4n) is 1.76. The predicted molar refractivity (Wildman–Crippen MR) is 73.0 cm³/mol. The first-order chi connectivity index (χ1) is 8.22. The van der Waals surface area contributed by atoms with E-state index < -0.39 is 0 Å². The Hall–Kier alpha value is -1.54. The van der Waals surface area contributed by atoms with Gasteiger partial charge >= 0.3 is 0 Å². The molecule has 1 aromatic heterocycles. The van der Waals surface area contributed by atoms with Gasteiger partial charge in [0.15, 0.2) is 0 Å². The summed E-state index contributed by atoms with van der Waals surface area (Å²) in [6.07, 6.45) is 3.60. The Bertz CT molecular complexity index is 494. The number of rotatable bonds is 3. The molecule has 0 aliphatic carbocycles. The van der Waals surface area contributed by atoms with Gasteiger partial charge in [-0.25, -0.2) is 0 Å². The molecule has 0 N–H and O–H groups in total. The van der Waals surface area contributed by atoms with Crippen molar-refractivity contribution in [3.05, 3.63) is 53.9 Å². The number of alkyl halides is 1. The smallest absolute Gasteiger partial charge is 0.0510 e. The molecule has 0 amide bonds. The third-order valence-electron chi connectivity index (χ3n) is 2.80. The van der Waals surface area contributed by atoms with Crippen LogP contribution in [0.25, 0.3) is 0 Å². The number of benzene rings is 1. The molecule has 0 atom stereocenters. The molecule has 0 aliphatic heterocycles. The van der Waals surface area contributed by atoms with Crippen LogP contribution in [0.15, 0.2) is 42.7 Å². The molecule has 0 fully saturated rings. The minimum atomic E-state index is 0.472. The summed E-state index contributed by atoms with van der Waals surface area (Å²) < 4.78 is 0. The van der Waals surface area contributed by atoms with E-state index in [4.69, 9.17) is 11.6 Å². The summed E-state index contributed by atoms with van der Waals surface area (Å²) in [6, 6.07) is 10.4. The molecule has 0 bridgehead atoms. The zero-order valence-corrected chi connectivity index (χ0v) is 10.8. The van der Waals surface area contributed by atoms with Crippen LogP contribution in [0.2, 0.25) is 0 Å². The van der Waals surface area contributed by atoms with Crippen LogP contribution in [-0.4, -0.2) is 12.0 Å². The molecular weight excluding hydrogens is 232 g/mol. The Morgan fingerprint density at radius 2 is 1.88 bits per heavy atom. The average Bonchev–Trinajstić information content (AvgIpc) is 2.39. The zero-order chi connectivity index (χ0) is 12.3. The molecule has 0 saturated heterocycles. The first-order valence-corrected chi connectivity index (χ1v) is 6.05. The quantitative estimate of drug-likeness (QED) is 0.764. The highest BCUT2D eigenvalue weighted by molar-refractivity contribution is 6.17. The van der Waals surface area contributed by atoms with E-state index in [0.29, 0.717) is 5.88 Å². The monoisotopic (exact) mass is 246 g/mol. The van der Waals surface area contributed by atoms with Crippen molar-refractivity contribution < 1.29 is 0 Å². The van der Waals surface area contributed by atoms with Gasteiger partial charge in [-0.3, -0.25) is 4.98 Å². The molecule has 2 aromatic rings. The van der Waals surface area contributed by atoms with E-state index >= 15 is 0 Å². The lowest BCUT2D eigenvalue weighted by atomic mass is 10.2. The van der Waals surface area contributed by atoms with Gasteiger partial charge in [-0.2, -0.15) is 0 Å². The zero-order valence-electron chi connectivity index (χ0n) is 10.0. The van der Waals surface area contributed by atoms with Crippen LogP contribution < -0.4 is 4.90 Å². The number of aryl methyl sites for hydroxylation is 1. The topological polar surface area (TPSA) is 16.1 Å². The number of anilines is 2. The summed E-state index contributed by atoms with van der Waals surface area (Å²) >= 11 is 5.92. The van der Waals surface area contributed by atoms with E-state index in [9.17, 15) is 0 Å². The Balaban J connectivity index is 2.36. The maximum Gasteiger partial charge on any atom is 0.0510 e. The Morgan fingerprint density at radius 3 is 2.53 bits per heavy atom. The van der Waals surface area contributed by atoms with Crippen molar-refractivity contribution in [2.75, 3.05) is 11.9 Å². The van der Waals surface area contributed by atoms with Crippen molar-refractivity contribution in [2.45, 2.75) is 12.8 Å². The Labute approximate surface area is 107 Å². The lowest BCUT2D eigenvalue weighted by Crippen LogP contribution is -2.11. The minimum Gasteiger partial charge on any atom is -0.344 e. The minimum absolute atomic E-state index is 0.472.